The number of carbonyl (C=O) groups is 1. The van der Waals surface area contributed by atoms with Crippen molar-refractivity contribution in [3.63, 3.8) is 0 Å². The molecule has 2 heterocycles. The Balaban J connectivity index is 2.13. The highest BCUT2D eigenvalue weighted by atomic mass is 35.5. The second kappa shape index (κ2) is 5.34. The van der Waals surface area contributed by atoms with Crippen molar-refractivity contribution < 1.29 is 4.79 Å². The first-order valence-electron chi connectivity index (χ1n) is 5.68. The number of aromatic amines is 1. The van der Waals surface area contributed by atoms with E-state index in [1.165, 1.54) is 6.42 Å². The summed E-state index contributed by atoms with van der Waals surface area (Å²) < 4.78 is 0. The molecule has 1 N–H and O–H groups in total. The predicted octanol–water partition coefficient (Wildman–Crippen LogP) is 2.03. The van der Waals surface area contributed by atoms with Gasteiger partial charge in [-0.25, -0.2) is 0 Å². The van der Waals surface area contributed by atoms with Gasteiger partial charge in [-0.2, -0.15) is 5.10 Å². The van der Waals surface area contributed by atoms with E-state index in [1.807, 2.05) is 4.90 Å². The summed E-state index contributed by atoms with van der Waals surface area (Å²) in [5.41, 5.74) is 0.622. The molecule has 0 bridgehead atoms. The summed E-state index contributed by atoms with van der Waals surface area (Å²) >= 11 is 5.94. The van der Waals surface area contributed by atoms with Gasteiger partial charge in [0.25, 0.3) is 5.91 Å². The minimum absolute atomic E-state index is 0.0429. The van der Waals surface area contributed by atoms with Crippen LogP contribution in [-0.2, 0) is 0 Å². The highest BCUT2D eigenvalue weighted by Crippen LogP contribution is 2.19. The summed E-state index contributed by atoms with van der Waals surface area (Å²) in [6.45, 7) is 0.807. The molecular weight excluding hydrogens is 226 g/mol. The molecule has 1 aliphatic rings. The molecule has 0 spiro atoms. The Morgan fingerprint density at radius 2 is 2.44 bits per heavy atom. The second-order valence-corrected chi connectivity index (χ2v) is 4.45. The van der Waals surface area contributed by atoms with E-state index in [-0.39, 0.29) is 11.9 Å². The van der Waals surface area contributed by atoms with Crippen molar-refractivity contribution in [1.82, 2.24) is 15.1 Å². The molecule has 0 saturated carbocycles. The number of carbonyl (C=O) groups excluding carboxylic acids is 1. The van der Waals surface area contributed by atoms with Gasteiger partial charge in [0.05, 0.1) is 11.8 Å². The highest BCUT2D eigenvalue weighted by molar-refractivity contribution is 6.18. The van der Waals surface area contributed by atoms with E-state index in [4.69, 9.17) is 11.6 Å². The number of aromatic nitrogens is 2. The normalized spacial score (nSPS) is 21.8. The average Bonchev–Trinajstić information content (AvgIpc) is 2.73. The molecule has 1 saturated heterocycles. The van der Waals surface area contributed by atoms with Crippen molar-refractivity contribution in [1.29, 1.82) is 0 Å². The summed E-state index contributed by atoms with van der Waals surface area (Å²) in [5.74, 6) is 0.560. The Morgan fingerprint density at radius 1 is 1.56 bits per heavy atom. The third-order valence-electron chi connectivity index (χ3n) is 3.06. The zero-order valence-corrected chi connectivity index (χ0v) is 9.91. The van der Waals surface area contributed by atoms with Crippen molar-refractivity contribution in [2.75, 3.05) is 12.4 Å². The third-order valence-corrected chi connectivity index (χ3v) is 3.42. The maximum atomic E-state index is 12.2. The molecule has 2 rings (SSSR count). The van der Waals surface area contributed by atoms with Crippen LogP contribution in [0.4, 0.5) is 0 Å². The van der Waals surface area contributed by atoms with Crippen LogP contribution in [0.5, 0.6) is 0 Å². The van der Waals surface area contributed by atoms with Crippen LogP contribution in [0.15, 0.2) is 12.4 Å². The summed E-state index contributed by atoms with van der Waals surface area (Å²) in [5, 5.41) is 6.47. The summed E-state index contributed by atoms with van der Waals surface area (Å²) in [6, 6.07) is 0.173. The lowest BCUT2D eigenvalue weighted by atomic mass is 10.1. The van der Waals surface area contributed by atoms with Gasteiger partial charge >= 0.3 is 0 Å². The fraction of sp³-hybridized carbons (Fsp3) is 0.636. The molecule has 0 aromatic carbocycles. The molecule has 1 aromatic rings. The smallest absolute Gasteiger partial charge is 0.257 e. The summed E-state index contributed by atoms with van der Waals surface area (Å²) in [4.78, 5) is 14.1. The lowest BCUT2D eigenvalue weighted by Crippen LogP contribution is -2.40. The van der Waals surface area contributed by atoms with Crippen LogP contribution in [0, 0.1) is 0 Å². The summed E-state index contributed by atoms with van der Waals surface area (Å²) in [7, 11) is 0. The van der Waals surface area contributed by atoms with Gasteiger partial charge in [-0.3, -0.25) is 9.89 Å². The molecular formula is C11H16ClN3O. The van der Waals surface area contributed by atoms with E-state index in [2.05, 4.69) is 10.2 Å². The van der Waals surface area contributed by atoms with Gasteiger partial charge in [-0.05, 0) is 12.8 Å². The summed E-state index contributed by atoms with van der Waals surface area (Å²) in [6.07, 6.45) is 7.62. The standard InChI is InChI=1S/C11H16ClN3O/c12-6-10-4-2-1-3-5-15(10)11(16)9-7-13-14-8-9/h7-8,10H,1-6H2,(H,13,14). The first-order chi connectivity index (χ1) is 7.83. The molecule has 1 aliphatic heterocycles. The van der Waals surface area contributed by atoms with E-state index in [1.54, 1.807) is 12.4 Å². The largest absolute Gasteiger partial charge is 0.334 e. The number of rotatable bonds is 2. The Labute approximate surface area is 100.0 Å². The maximum Gasteiger partial charge on any atom is 0.257 e. The van der Waals surface area contributed by atoms with Gasteiger partial charge < -0.3 is 4.90 Å². The molecule has 16 heavy (non-hydrogen) atoms. The topological polar surface area (TPSA) is 49.0 Å². The van der Waals surface area contributed by atoms with Crippen molar-refractivity contribution in [3.05, 3.63) is 18.0 Å². The Bertz CT molecular complexity index is 339. The first-order valence-corrected chi connectivity index (χ1v) is 6.22. The van der Waals surface area contributed by atoms with Crippen molar-refractivity contribution >= 4 is 17.5 Å². The van der Waals surface area contributed by atoms with Gasteiger partial charge in [-0.15, -0.1) is 11.6 Å². The zero-order valence-electron chi connectivity index (χ0n) is 9.16. The van der Waals surface area contributed by atoms with Gasteiger partial charge in [0.2, 0.25) is 0 Å². The van der Waals surface area contributed by atoms with E-state index in [0.717, 1.165) is 25.8 Å². The van der Waals surface area contributed by atoms with Gasteiger partial charge in [-0.1, -0.05) is 12.8 Å². The number of nitrogens with zero attached hydrogens (tertiary/aromatic N) is 2. The second-order valence-electron chi connectivity index (χ2n) is 4.14. The third kappa shape index (κ3) is 2.38. The van der Waals surface area contributed by atoms with E-state index in [0.29, 0.717) is 11.4 Å². The number of nitrogens with one attached hydrogen (secondary N) is 1. The molecule has 88 valence electrons. The van der Waals surface area contributed by atoms with Crippen molar-refractivity contribution in [2.45, 2.75) is 31.7 Å². The van der Waals surface area contributed by atoms with Crippen LogP contribution in [0.3, 0.4) is 0 Å². The first kappa shape index (κ1) is 11.5. The SMILES string of the molecule is O=C(c1cn[nH]c1)N1CCCCCC1CCl. The van der Waals surface area contributed by atoms with Crippen LogP contribution in [-0.4, -0.2) is 39.5 Å². The van der Waals surface area contributed by atoms with Crippen LogP contribution in [0.1, 0.15) is 36.0 Å². The lowest BCUT2D eigenvalue weighted by molar-refractivity contribution is 0.0700. The zero-order chi connectivity index (χ0) is 11.4. The van der Waals surface area contributed by atoms with Crippen LogP contribution >= 0.6 is 11.6 Å². The Kier molecular flexibility index (Phi) is 3.83. The number of alkyl halides is 1. The number of amides is 1. The Morgan fingerprint density at radius 3 is 3.12 bits per heavy atom. The fourth-order valence-corrected chi connectivity index (χ4v) is 2.46. The minimum Gasteiger partial charge on any atom is -0.334 e. The predicted molar refractivity (Wildman–Crippen MR) is 62.6 cm³/mol. The molecule has 0 radical (unpaired) electrons. The maximum absolute atomic E-state index is 12.2. The van der Waals surface area contributed by atoms with Gasteiger partial charge in [0, 0.05) is 24.7 Å². The number of halogens is 1. The number of likely N-dealkylation sites (tertiary alicyclic amines) is 1. The molecule has 1 fully saturated rings. The lowest BCUT2D eigenvalue weighted by Gasteiger charge is -2.28. The van der Waals surface area contributed by atoms with E-state index >= 15 is 0 Å². The molecule has 1 atom stereocenters. The average molecular weight is 242 g/mol. The van der Waals surface area contributed by atoms with Crippen LogP contribution in [0.25, 0.3) is 0 Å². The van der Waals surface area contributed by atoms with Crippen molar-refractivity contribution in [3.8, 4) is 0 Å². The Hall–Kier alpha value is -1.03. The number of hydrogen-bond donors (Lipinski definition) is 1. The molecule has 0 aliphatic carbocycles. The molecule has 5 heteroatoms. The fourth-order valence-electron chi connectivity index (χ4n) is 2.14. The van der Waals surface area contributed by atoms with Crippen LogP contribution in [0.2, 0.25) is 0 Å². The monoisotopic (exact) mass is 241 g/mol. The molecule has 1 unspecified atom stereocenters. The molecule has 1 amide bonds. The molecule has 1 aromatic heterocycles. The van der Waals surface area contributed by atoms with Crippen molar-refractivity contribution in [2.24, 2.45) is 0 Å². The van der Waals surface area contributed by atoms with E-state index in [9.17, 15) is 4.79 Å². The molecule has 4 nitrogen and oxygen atoms in total. The number of hydrogen-bond acceptors (Lipinski definition) is 2. The van der Waals surface area contributed by atoms with Crippen LogP contribution < -0.4 is 0 Å². The van der Waals surface area contributed by atoms with E-state index < -0.39 is 0 Å². The quantitative estimate of drug-likeness (QED) is 0.806. The van der Waals surface area contributed by atoms with Gasteiger partial charge in [0.1, 0.15) is 0 Å². The van der Waals surface area contributed by atoms with Gasteiger partial charge in [0.15, 0.2) is 0 Å². The minimum atomic E-state index is 0.0429. The highest BCUT2D eigenvalue weighted by Gasteiger charge is 2.25. The number of H-pyrrole nitrogens is 1.